The molecule has 0 saturated carbocycles. The van der Waals surface area contributed by atoms with Gasteiger partial charge in [0.1, 0.15) is 12.4 Å². The minimum atomic E-state index is -0.203. The molecule has 0 saturated heterocycles. The summed E-state index contributed by atoms with van der Waals surface area (Å²) in [6.45, 7) is 0.267. The van der Waals surface area contributed by atoms with E-state index in [1.165, 1.54) is 6.07 Å². The van der Waals surface area contributed by atoms with Gasteiger partial charge in [-0.2, -0.15) is 0 Å². The highest BCUT2D eigenvalue weighted by Gasteiger charge is 2.03. The van der Waals surface area contributed by atoms with E-state index in [0.29, 0.717) is 17.9 Å². The van der Waals surface area contributed by atoms with Crippen LogP contribution in [0.4, 0.5) is 0 Å². The Balaban J connectivity index is 2.34. The van der Waals surface area contributed by atoms with E-state index in [4.69, 9.17) is 9.84 Å². The van der Waals surface area contributed by atoms with Crippen molar-refractivity contribution in [1.82, 2.24) is 4.57 Å². The van der Waals surface area contributed by atoms with Crippen LogP contribution in [0.5, 0.6) is 5.75 Å². The molecule has 1 N–H and O–H groups in total. The second-order valence-corrected chi connectivity index (χ2v) is 4.16. The molecule has 0 bridgehead atoms. The van der Waals surface area contributed by atoms with Gasteiger partial charge in [0.05, 0.1) is 19.2 Å². The van der Waals surface area contributed by atoms with Crippen molar-refractivity contribution >= 4 is 0 Å². The fourth-order valence-corrected chi connectivity index (χ4v) is 1.87. The molecule has 1 heterocycles. The van der Waals surface area contributed by atoms with Crippen LogP contribution in [0.2, 0.25) is 0 Å². The zero-order valence-corrected chi connectivity index (χ0v) is 11.2. The summed E-state index contributed by atoms with van der Waals surface area (Å²) in [6, 6.07) is 10.6. The van der Waals surface area contributed by atoms with Gasteiger partial charge in [-0.1, -0.05) is 24.0 Å². The van der Waals surface area contributed by atoms with Gasteiger partial charge in [-0.3, -0.25) is 4.79 Å². The van der Waals surface area contributed by atoms with Gasteiger partial charge in [-0.15, -0.1) is 0 Å². The fourth-order valence-electron chi connectivity index (χ4n) is 1.87. The number of aromatic nitrogens is 1. The maximum atomic E-state index is 11.7. The molecule has 0 aliphatic heterocycles. The SMILES string of the molecule is COc1ccc(Cn2ccccc2=O)cc1C#CCO. The molecule has 102 valence electrons. The standard InChI is InChI=1S/C16H15NO3/c1-20-15-8-7-13(11-14(15)5-4-10-18)12-17-9-3-2-6-16(17)19/h2-3,6-9,11,18H,10,12H2,1H3. The molecule has 0 atom stereocenters. The number of hydrogen-bond acceptors (Lipinski definition) is 3. The van der Waals surface area contributed by atoms with E-state index in [2.05, 4.69) is 11.8 Å². The Hall–Kier alpha value is -2.51. The molecule has 4 nitrogen and oxygen atoms in total. The lowest BCUT2D eigenvalue weighted by Gasteiger charge is -2.08. The molecule has 1 aromatic heterocycles. The smallest absolute Gasteiger partial charge is 0.250 e. The van der Waals surface area contributed by atoms with Crippen LogP contribution in [0, 0.1) is 11.8 Å². The molecule has 0 aliphatic carbocycles. The van der Waals surface area contributed by atoms with Crippen molar-refractivity contribution in [3.8, 4) is 17.6 Å². The zero-order chi connectivity index (χ0) is 14.4. The third kappa shape index (κ3) is 3.28. The van der Waals surface area contributed by atoms with Crippen molar-refractivity contribution in [2.75, 3.05) is 13.7 Å². The van der Waals surface area contributed by atoms with Gasteiger partial charge in [0.15, 0.2) is 0 Å². The lowest BCUT2D eigenvalue weighted by molar-refractivity contribution is 0.350. The lowest BCUT2D eigenvalue weighted by Crippen LogP contribution is -2.18. The maximum absolute atomic E-state index is 11.7. The Bertz CT molecular complexity index is 707. The highest BCUT2D eigenvalue weighted by atomic mass is 16.5. The Morgan fingerprint density at radius 3 is 2.85 bits per heavy atom. The molecule has 0 amide bonds. The minimum Gasteiger partial charge on any atom is -0.495 e. The molecular weight excluding hydrogens is 254 g/mol. The third-order valence-corrected chi connectivity index (χ3v) is 2.82. The summed E-state index contributed by atoms with van der Waals surface area (Å²) in [7, 11) is 1.57. The largest absolute Gasteiger partial charge is 0.495 e. The number of methoxy groups -OCH3 is 1. The average Bonchev–Trinajstić information content (AvgIpc) is 2.47. The molecule has 2 rings (SSSR count). The number of nitrogens with zero attached hydrogens (tertiary/aromatic N) is 1. The molecule has 0 radical (unpaired) electrons. The van der Waals surface area contributed by atoms with E-state index in [-0.39, 0.29) is 12.2 Å². The number of aliphatic hydroxyl groups is 1. The summed E-state index contributed by atoms with van der Waals surface area (Å²) < 4.78 is 6.83. The summed E-state index contributed by atoms with van der Waals surface area (Å²) in [5.41, 5.74) is 1.59. The van der Waals surface area contributed by atoms with Crippen molar-refractivity contribution in [1.29, 1.82) is 0 Å². The van der Waals surface area contributed by atoms with Gasteiger partial charge in [-0.05, 0) is 23.8 Å². The lowest BCUT2D eigenvalue weighted by atomic mass is 10.1. The molecule has 20 heavy (non-hydrogen) atoms. The number of hydrogen-bond donors (Lipinski definition) is 1. The van der Waals surface area contributed by atoms with E-state index >= 15 is 0 Å². The predicted molar refractivity (Wildman–Crippen MR) is 76.8 cm³/mol. The minimum absolute atomic E-state index is 0.0497. The number of benzene rings is 1. The van der Waals surface area contributed by atoms with Crippen LogP contribution in [-0.2, 0) is 6.54 Å². The molecule has 0 aliphatic rings. The van der Waals surface area contributed by atoms with Crippen molar-refractivity contribution in [3.05, 3.63) is 64.1 Å². The second-order valence-electron chi connectivity index (χ2n) is 4.16. The molecule has 0 fully saturated rings. The summed E-state index contributed by atoms with van der Waals surface area (Å²) in [5.74, 6) is 6.09. The predicted octanol–water partition coefficient (Wildman–Crippen LogP) is 1.25. The van der Waals surface area contributed by atoms with Gasteiger partial charge >= 0.3 is 0 Å². The highest BCUT2D eigenvalue weighted by Crippen LogP contribution is 2.19. The second kappa shape index (κ2) is 6.60. The first kappa shape index (κ1) is 13.9. The summed E-state index contributed by atoms with van der Waals surface area (Å²) in [4.78, 5) is 11.7. The van der Waals surface area contributed by atoms with E-state index < -0.39 is 0 Å². The third-order valence-electron chi connectivity index (χ3n) is 2.82. The monoisotopic (exact) mass is 269 g/mol. The van der Waals surface area contributed by atoms with Crippen molar-refractivity contribution < 1.29 is 9.84 Å². The Morgan fingerprint density at radius 2 is 2.15 bits per heavy atom. The summed E-state index contributed by atoms with van der Waals surface area (Å²) in [5, 5.41) is 8.77. The maximum Gasteiger partial charge on any atom is 0.250 e. The molecule has 1 aromatic carbocycles. The van der Waals surface area contributed by atoms with Crippen LogP contribution >= 0.6 is 0 Å². The number of aliphatic hydroxyl groups excluding tert-OH is 1. The Morgan fingerprint density at radius 1 is 1.30 bits per heavy atom. The summed E-state index contributed by atoms with van der Waals surface area (Å²) in [6.07, 6.45) is 1.74. The highest BCUT2D eigenvalue weighted by molar-refractivity contribution is 5.48. The Labute approximate surface area is 117 Å². The first-order valence-electron chi connectivity index (χ1n) is 6.16. The Kier molecular flexibility index (Phi) is 4.59. The molecule has 0 unspecified atom stereocenters. The van der Waals surface area contributed by atoms with Crippen molar-refractivity contribution in [2.45, 2.75) is 6.54 Å². The number of ether oxygens (including phenoxy) is 1. The van der Waals surface area contributed by atoms with Gasteiger partial charge in [-0.25, -0.2) is 0 Å². The number of pyridine rings is 1. The molecule has 0 spiro atoms. The van der Waals surface area contributed by atoms with Crippen LogP contribution in [0.3, 0.4) is 0 Å². The van der Waals surface area contributed by atoms with Crippen LogP contribution in [0.25, 0.3) is 0 Å². The van der Waals surface area contributed by atoms with E-state index in [9.17, 15) is 4.79 Å². The molecular formula is C16H15NO3. The first-order valence-corrected chi connectivity index (χ1v) is 6.16. The van der Waals surface area contributed by atoms with Gasteiger partial charge in [0.2, 0.25) is 0 Å². The van der Waals surface area contributed by atoms with E-state index in [1.54, 1.807) is 23.9 Å². The summed E-state index contributed by atoms with van der Waals surface area (Å²) >= 11 is 0. The average molecular weight is 269 g/mol. The van der Waals surface area contributed by atoms with E-state index in [1.807, 2.05) is 24.3 Å². The van der Waals surface area contributed by atoms with Crippen molar-refractivity contribution in [3.63, 3.8) is 0 Å². The normalized spacial score (nSPS) is 9.70. The van der Waals surface area contributed by atoms with Crippen LogP contribution in [0.1, 0.15) is 11.1 Å². The molecule has 4 heteroatoms. The first-order chi connectivity index (χ1) is 9.74. The van der Waals surface area contributed by atoms with Crippen LogP contribution in [0.15, 0.2) is 47.4 Å². The van der Waals surface area contributed by atoms with Gasteiger partial charge < -0.3 is 14.4 Å². The number of rotatable bonds is 3. The quantitative estimate of drug-likeness (QED) is 0.853. The zero-order valence-electron chi connectivity index (χ0n) is 11.2. The van der Waals surface area contributed by atoms with Gasteiger partial charge in [0.25, 0.3) is 5.56 Å². The van der Waals surface area contributed by atoms with Crippen molar-refractivity contribution in [2.24, 2.45) is 0 Å². The topological polar surface area (TPSA) is 51.5 Å². The van der Waals surface area contributed by atoms with Gasteiger partial charge in [0, 0.05) is 12.3 Å². The van der Waals surface area contributed by atoms with Crippen LogP contribution in [-0.4, -0.2) is 23.4 Å². The van der Waals surface area contributed by atoms with Crippen LogP contribution < -0.4 is 10.3 Å². The fraction of sp³-hybridized carbons (Fsp3) is 0.188. The van der Waals surface area contributed by atoms with E-state index in [0.717, 1.165) is 5.56 Å². The molecule has 2 aromatic rings.